The number of benzene rings is 1. The zero-order chi connectivity index (χ0) is 14.9. The van der Waals surface area contributed by atoms with E-state index in [-0.39, 0.29) is 0 Å². The number of alkyl halides is 1. The van der Waals surface area contributed by atoms with Crippen molar-refractivity contribution >= 4 is 36.7 Å². The topological polar surface area (TPSA) is 59.1 Å². The van der Waals surface area contributed by atoms with Crippen LogP contribution in [0.4, 0.5) is 0 Å². The number of nitrogens with zero attached hydrogens (tertiary/aromatic N) is 1. The molecule has 4 nitrogen and oxygen atoms in total. The largest absolute Gasteiger partial charge is 0.264 e. The van der Waals surface area contributed by atoms with E-state index in [1.54, 1.807) is 30.6 Å². The van der Waals surface area contributed by atoms with Crippen molar-refractivity contribution < 1.29 is 8.42 Å². The number of pyridine rings is 1. The van der Waals surface area contributed by atoms with Gasteiger partial charge in [-0.1, -0.05) is 34.5 Å². The lowest BCUT2D eigenvalue weighted by Crippen LogP contribution is -2.31. The van der Waals surface area contributed by atoms with Crippen molar-refractivity contribution in [1.82, 2.24) is 9.71 Å². The molecule has 21 heavy (non-hydrogen) atoms. The number of rotatable bonds is 4. The Balaban J connectivity index is 1.86. The molecule has 0 radical (unpaired) electrons. The van der Waals surface area contributed by atoms with Crippen LogP contribution in [-0.2, 0) is 10.0 Å². The molecular weight excluding hydrogens is 352 g/mol. The van der Waals surface area contributed by atoms with Gasteiger partial charge < -0.3 is 0 Å². The minimum Gasteiger partial charge on any atom is -0.264 e. The first kappa shape index (κ1) is 14.9. The van der Waals surface area contributed by atoms with Crippen LogP contribution in [-0.4, -0.2) is 24.8 Å². The summed E-state index contributed by atoms with van der Waals surface area (Å²) >= 11 is 3.63. The van der Waals surface area contributed by atoms with Crippen LogP contribution in [0.2, 0.25) is 0 Å². The van der Waals surface area contributed by atoms with Crippen molar-refractivity contribution in [3.8, 4) is 0 Å². The van der Waals surface area contributed by atoms with E-state index in [4.69, 9.17) is 0 Å². The average Bonchev–Trinajstić information content (AvgIpc) is 2.90. The molecule has 0 saturated heterocycles. The van der Waals surface area contributed by atoms with Crippen molar-refractivity contribution in [2.45, 2.75) is 29.0 Å². The first-order valence-electron chi connectivity index (χ1n) is 7.04. The first-order valence-corrected chi connectivity index (χ1v) is 9.44. The van der Waals surface area contributed by atoms with E-state index in [0.29, 0.717) is 27.6 Å². The smallest absolute Gasteiger partial charge is 0.241 e. The average molecular weight is 369 g/mol. The van der Waals surface area contributed by atoms with Gasteiger partial charge in [0.1, 0.15) is 0 Å². The summed E-state index contributed by atoms with van der Waals surface area (Å²) in [5.41, 5.74) is 0. The summed E-state index contributed by atoms with van der Waals surface area (Å²) < 4.78 is 27.9. The van der Waals surface area contributed by atoms with Gasteiger partial charge in [-0.25, -0.2) is 13.1 Å². The standard InChI is InChI=1S/C15H17BrN2O2S/c16-14-5-1-4-12(14)10-18-21(19,20)15-6-2-3-11-9-17-8-7-13(11)15/h2-3,6-9,12,14,18H,1,4-5,10H2. The second kappa shape index (κ2) is 6.02. The van der Waals surface area contributed by atoms with Gasteiger partial charge >= 0.3 is 0 Å². The molecule has 1 saturated carbocycles. The molecule has 2 unspecified atom stereocenters. The van der Waals surface area contributed by atoms with E-state index in [9.17, 15) is 8.42 Å². The van der Waals surface area contributed by atoms with Gasteiger partial charge in [0.15, 0.2) is 0 Å². The Bertz CT molecular complexity index is 743. The summed E-state index contributed by atoms with van der Waals surface area (Å²) in [6.07, 6.45) is 6.64. The lowest BCUT2D eigenvalue weighted by atomic mass is 10.1. The van der Waals surface area contributed by atoms with E-state index in [0.717, 1.165) is 24.6 Å². The summed E-state index contributed by atoms with van der Waals surface area (Å²) in [6.45, 7) is 0.486. The highest BCUT2D eigenvalue weighted by atomic mass is 79.9. The van der Waals surface area contributed by atoms with Crippen LogP contribution in [0.15, 0.2) is 41.6 Å². The maximum Gasteiger partial charge on any atom is 0.241 e. The Hall–Kier alpha value is -0.980. The second-order valence-electron chi connectivity index (χ2n) is 5.41. The molecule has 0 aliphatic heterocycles. The fourth-order valence-corrected chi connectivity index (χ4v) is 4.94. The third kappa shape index (κ3) is 3.12. The van der Waals surface area contributed by atoms with E-state index in [1.165, 1.54) is 0 Å². The molecule has 2 atom stereocenters. The fourth-order valence-electron chi connectivity index (χ4n) is 2.84. The number of aromatic nitrogens is 1. The zero-order valence-electron chi connectivity index (χ0n) is 11.5. The maximum absolute atomic E-state index is 12.6. The molecule has 1 aliphatic rings. The van der Waals surface area contributed by atoms with Crippen LogP contribution in [0.5, 0.6) is 0 Å². The molecule has 1 aromatic heterocycles. The van der Waals surface area contributed by atoms with Gasteiger partial charge in [0.25, 0.3) is 0 Å². The van der Waals surface area contributed by atoms with Gasteiger partial charge in [0.2, 0.25) is 10.0 Å². The number of halogens is 1. The Labute approximate surface area is 133 Å². The summed E-state index contributed by atoms with van der Waals surface area (Å²) in [7, 11) is -3.50. The van der Waals surface area contributed by atoms with E-state index in [2.05, 4.69) is 25.6 Å². The van der Waals surface area contributed by atoms with Crippen molar-refractivity contribution in [1.29, 1.82) is 0 Å². The molecule has 112 valence electrons. The van der Waals surface area contributed by atoms with E-state index in [1.807, 2.05) is 6.07 Å². The molecule has 1 aliphatic carbocycles. The Kier molecular flexibility index (Phi) is 4.28. The monoisotopic (exact) mass is 368 g/mol. The van der Waals surface area contributed by atoms with Gasteiger partial charge in [-0.2, -0.15) is 0 Å². The van der Waals surface area contributed by atoms with Crippen LogP contribution in [0.1, 0.15) is 19.3 Å². The third-order valence-corrected chi connectivity index (χ3v) is 6.72. The van der Waals surface area contributed by atoms with Crippen molar-refractivity contribution in [2.75, 3.05) is 6.54 Å². The van der Waals surface area contributed by atoms with Gasteiger partial charge in [0, 0.05) is 34.5 Å². The summed E-state index contributed by atoms with van der Waals surface area (Å²) in [5.74, 6) is 0.372. The van der Waals surface area contributed by atoms with Crippen LogP contribution >= 0.6 is 15.9 Å². The van der Waals surface area contributed by atoms with Gasteiger partial charge in [-0.05, 0) is 30.9 Å². The lowest BCUT2D eigenvalue weighted by Gasteiger charge is -2.15. The van der Waals surface area contributed by atoms with Gasteiger partial charge in [0.05, 0.1) is 4.90 Å². The Morgan fingerprint density at radius 2 is 2.14 bits per heavy atom. The predicted molar refractivity (Wildman–Crippen MR) is 87.0 cm³/mol. The molecular formula is C15H17BrN2O2S. The first-order chi connectivity index (χ1) is 10.1. The van der Waals surface area contributed by atoms with Crippen molar-refractivity contribution in [2.24, 2.45) is 5.92 Å². The van der Waals surface area contributed by atoms with Crippen LogP contribution < -0.4 is 4.72 Å². The molecule has 6 heteroatoms. The van der Waals surface area contributed by atoms with Crippen LogP contribution in [0.3, 0.4) is 0 Å². The maximum atomic E-state index is 12.6. The number of hydrogen-bond acceptors (Lipinski definition) is 3. The number of nitrogens with one attached hydrogen (secondary N) is 1. The molecule has 0 spiro atoms. The highest BCUT2D eigenvalue weighted by Gasteiger charge is 2.27. The Morgan fingerprint density at radius 1 is 1.29 bits per heavy atom. The highest BCUT2D eigenvalue weighted by Crippen LogP contribution is 2.31. The van der Waals surface area contributed by atoms with E-state index < -0.39 is 10.0 Å². The van der Waals surface area contributed by atoms with Crippen LogP contribution in [0.25, 0.3) is 10.8 Å². The lowest BCUT2D eigenvalue weighted by molar-refractivity contribution is 0.530. The van der Waals surface area contributed by atoms with Gasteiger partial charge in [-0.15, -0.1) is 0 Å². The molecule has 1 fully saturated rings. The zero-order valence-corrected chi connectivity index (χ0v) is 13.9. The molecule has 2 aromatic rings. The minimum absolute atomic E-state index is 0.325. The molecule has 0 bridgehead atoms. The quantitative estimate of drug-likeness (QED) is 0.843. The predicted octanol–water partition coefficient (Wildman–Crippen LogP) is 3.08. The number of hydrogen-bond donors (Lipinski definition) is 1. The molecule has 3 rings (SSSR count). The second-order valence-corrected chi connectivity index (χ2v) is 8.32. The molecule has 1 heterocycles. The van der Waals surface area contributed by atoms with Crippen molar-refractivity contribution in [3.63, 3.8) is 0 Å². The van der Waals surface area contributed by atoms with Gasteiger partial charge in [-0.3, -0.25) is 4.98 Å². The number of fused-ring (bicyclic) bond motifs is 1. The normalized spacial score (nSPS) is 22.7. The van der Waals surface area contributed by atoms with Crippen molar-refractivity contribution in [3.05, 3.63) is 36.7 Å². The summed E-state index contributed by atoms with van der Waals surface area (Å²) in [5, 5.41) is 1.54. The van der Waals surface area contributed by atoms with E-state index >= 15 is 0 Å². The molecule has 0 amide bonds. The summed E-state index contributed by atoms with van der Waals surface area (Å²) in [6, 6.07) is 7.01. The van der Waals surface area contributed by atoms with Crippen LogP contribution in [0, 0.1) is 5.92 Å². The Morgan fingerprint density at radius 3 is 2.90 bits per heavy atom. The highest BCUT2D eigenvalue weighted by molar-refractivity contribution is 9.09. The summed E-state index contributed by atoms with van der Waals surface area (Å²) in [4.78, 5) is 4.77. The molecule has 1 aromatic carbocycles. The SMILES string of the molecule is O=S(=O)(NCC1CCCC1Br)c1cccc2cnccc12. The third-order valence-electron chi connectivity index (χ3n) is 4.03. The molecule has 1 N–H and O–H groups in total. The fraction of sp³-hybridized carbons (Fsp3) is 0.400. The minimum atomic E-state index is -3.50. The number of sulfonamides is 1.